The van der Waals surface area contributed by atoms with Crippen LogP contribution in [0.4, 0.5) is 0 Å². The van der Waals surface area contributed by atoms with E-state index in [1.807, 2.05) is 0 Å². The highest BCUT2D eigenvalue weighted by Crippen LogP contribution is 2.37. The largest absolute Gasteiger partial charge is 0.352 e. The summed E-state index contributed by atoms with van der Waals surface area (Å²) in [6.45, 7) is -0.0822. The number of hydrogen-bond acceptors (Lipinski definition) is 3. The van der Waals surface area contributed by atoms with E-state index < -0.39 is 0 Å². The van der Waals surface area contributed by atoms with Gasteiger partial charge in [-0.3, -0.25) is 19.3 Å². The van der Waals surface area contributed by atoms with E-state index in [4.69, 9.17) is 0 Å². The second-order valence-electron chi connectivity index (χ2n) is 6.31. The zero-order chi connectivity index (χ0) is 14.1. The molecule has 5 nitrogen and oxygen atoms in total. The van der Waals surface area contributed by atoms with E-state index in [0.29, 0.717) is 0 Å². The zero-order valence-electron chi connectivity index (χ0n) is 11.8. The van der Waals surface area contributed by atoms with Crippen molar-refractivity contribution in [3.05, 3.63) is 0 Å². The summed E-state index contributed by atoms with van der Waals surface area (Å²) in [7, 11) is 0. The normalized spacial score (nSPS) is 30.7. The molecule has 2 atom stereocenters. The third-order valence-electron chi connectivity index (χ3n) is 4.95. The Labute approximate surface area is 119 Å². The van der Waals surface area contributed by atoms with E-state index >= 15 is 0 Å². The molecule has 5 heteroatoms. The first-order valence-electron chi connectivity index (χ1n) is 7.81. The summed E-state index contributed by atoms with van der Waals surface area (Å²) in [5.41, 5.74) is 0. The third kappa shape index (κ3) is 2.45. The van der Waals surface area contributed by atoms with Gasteiger partial charge in [-0.25, -0.2) is 0 Å². The zero-order valence-corrected chi connectivity index (χ0v) is 11.8. The minimum Gasteiger partial charge on any atom is -0.352 e. The van der Waals surface area contributed by atoms with Gasteiger partial charge in [0.05, 0.1) is 11.8 Å². The van der Waals surface area contributed by atoms with Crippen LogP contribution in [-0.2, 0) is 14.4 Å². The van der Waals surface area contributed by atoms with Crippen molar-refractivity contribution >= 4 is 17.7 Å². The van der Waals surface area contributed by atoms with Crippen molar-refractivity contribution in [1.29, 1.82) is 0 Å². The Bertz CT molecular complexity index is 405. The lowest BCUT2D eigenvalue weighted by molar-refractivity contribution is -0.143. The molecule has 3 aliphatic rings. The van der Waals surface area contributed by atoms with Gasteiger partial charge in [-0.2, -0.15) is 0 Å². The fourth-order valence-corrected chi connectivity index (χ4v) is 3.87. The predicted octanol–water partition coefficient (Wildman–Crippen LogP) is 1.22. The highest BCUT2D eigenvalue weighted by Gasteiger charge is 2.48. The van der Waals surface area contributed by atoms with E-state index in [2.05, 4.69) is 5.32 Å². The Morgan fingerprint density at radius 2 is 1.45 bits per heavy atom. The molecule has 0 aromatic heterocycles. The summed E-state index contributed by atoms with van der Waals surface area (Å²) in [6, 6.07) is 0.234. The van der Waals surface area contributed by atoms with Gasteiger partial charge in [0.25, 0.3) is 0 Å². The van der Waals surface area contributed by atoms with Gasteiger partial charge < -0.3 is 5.32 Å². The first kappa shape index (κ1) is 13.6. The fourth-order valence-electron chi connectivity index (χ4n) is 3.87. The highest BCUT2D eigenvalue weighted by atomic mass is 16.2. The summed E-state index contributed by atoms with van der Waals surface area (Å²) < 4.78 is 0. The van der Waals surface area contributed by atoms with Gasteiger partial charge >= 0.3 is 0 Å². The van der Waals surface area contributed by atoms with Crippen LogP contribution in [0.2, 0.25) is 0 Å². The molecule has 2 unspecified atom stereocenters. The first-order chi connectivity index (χ1) is 9.66. The van der Waals surface area contributed by atoms with E-state index in [9.17, 15) is 14.4 Å². The maximum absolute atomic E-state index is 12.2. The van der Waals surface area contributed by atoms with Crippen LogP contribution in [0, 0.1) is 11.8 Å². The minimum absolute atomic E-state index is 0.0822. The number of rotatable bonds is 3. The predicted molar refractivity (Wildman–Crippen MR) is 72.6 cm³/mol. The van der Waals surface area contributed by atoms with E-state index in [1.54, 1.807) is 0 Å². The molecule has 110 valence electrons. The van der Waals surface area contributed by atoms with Crippen LogP contribution in [0.15, 0.2) is 0 Å². The van der Waals surface area contributed by atoms with Gasteiger partial charge in [0.1, 0.15) is 6.54 Å². The lowest BCUT2D eigenvalue weighted by Crippen LogP contribution is -2.43. The van der Waals surface area contributed by atoms with Crippen molar-refractivity contribution in [2.75, 3.05) is 6.54 Å². The maximum atomic E-state index is 12.2. The Hall–Kier alpha value is -1.39. The second-order valence-corrected chi connectivity index (χ2v) is 6.31. The summed E-state index contributed by atoms with van der Waals surface area (Å²) in [5.74, 6) is -0.745. The topological polar surface area (TPSA) is 66.5 Å². The van der Waals surface area contributed by atoms with Gasteiger partial charge in [0.15, 0.2) is 0 Å². The molecule has 1 N–H and O–H groups in total. The lowest BCUT2D eigenvalue weighted by atomic mass is 9.81. The molecule has 3 fully saturated rings. The molecule has 0 aromatic carbocycles. The molecular formula is C15H22N2O3. The van der Waals surface area contributed by atoms with Crippen LogP contribution in [-0.4, -0.2) is 35.2 Å². The number of carbonyl (C=O) groups is 3. The smallest absolute Gasteiger partial charge is 0.240 e. The van der Waals surface area contributed by atoms with Crippen molar-refractivity contribution < 1.29 is 14.4 Å². The Morgan fingerprint density at radius 1 is 0.950 bits per heavy atom. The van der Waals surface area contributed by atoms with Crippen molar-refractivity contribution in [2.45, 2.75) is 57.4 Å². The number of amides is 3. The maximum Gasteiger partial charge on any atom is 0.240 e. The monoisotopic (exact) mass is 278 g/mol. The molecule has 1 aliphatic heterocycles. The summed E-state index contributed by atoms with van der Waals surface area (Å²) >= 11 is 0. The fraction of sp³-hybridized carbons (Fsp3) is 0.800. The first-order valence-corrected chi connectivity index (χ1v) is 7.81. The Kier molecular flexibility index (Phi) is 3.76. The summed E-state index contributed by atoms with van der Waals surface area (Å²) in [6.07, 6.45) is 7.96. The SMILES string of the molecule is O=C(CN1C(=O)C2CCCCC2C1=O)NC1CCCC1. The van der Waals surface area contributed by atoms with Gasteiger partial charge in [0.2, 0.25) is 17.7 Å². The number of imide groups is 1. The molecule has 20 heavy (non-hydrogen) atoms. The third-order valence-corrected chi connectivity index (χ3v) is 4.95. The van der Waals surface area contributed by atoms with Crippen molar-refractivity contribution in [3.8, 4) is 0 Å². The number of fused-ring (bicyclic) bond motifs is 1. The number of nitrogens with zero attached hydrogens (tertiary/aromatic N) is 1. The van der Waals surface area contributed by atoms with Gasteiger partial charge in [0, 0.05) is 6.04 Å². The molecule has 3 amide bonds. The van der Waals surface area contributed by atoms with Crippen molar-refractivity contribution in [1.82, 2.24) is 10.2 Å². The summed E-state index contributed by atoms with van der Waals surface area (Å²) in [4.78, 5) is 37.7. The molecule has 0 bridgehead atoms. The Morgan fingerprint density at radius 3 is 2.00 bits per heavy atom. The van der Waals surface area contributed by atoms with Crippen LogP contribution in [0.1, 0.15) is 51.4 Å². The molecule has 2 saturated carbocycles. The molecule has 0 spiro atoms. The van der Waals surface area contributed by atoms with Crippen molar-refractivity contribution in [2.24, 2.45) is 11.8 Å². The molecular weight excluding hydrogens is 256 g/mol. The lowest BCUT2D eigenvalue weighted by Gasteiger charge is -2.19. The minimum atomic E-state index is -0.183. The van der Waals surface area contributed by atoms with Crippen molar-refractivity contribution in [3.63, 3.8) is 0 Å². The molecule has 3 rings (SSSR count). The second kappa shape index (κ2) is 5.54. The van der Waals surface area contributed by atoms with E-state index in [-0.39, 0.29) is 42.1 Å². The highest BCUT2D eigenvalue weighted by molar-refractivity contribution is 6.07. The quantitative estimate of drug-likeness (QED) is 0.789. The van der Waals surface area contributed by atoms with Crippen LogP contribution in [0.25, 0.3) is 0 Å². The van der Waals surface area contributed by atoms with Gasteiger partial charge in [-0.05, 0) is 25.7 Å². The van der Waals surface area contributed by atoms with E-state index in [0.717, 1.165) is 51.4 Å². The molecule has 1 heterocycles. The van der Waals surface area contributed by atoms with Gasteiger partial charge in [-0.1, -0.05) is 25.7 Å². The van der Waals surface area contributed by atoms with Gasteiger partial charge in [-0.15, -0.1) is 0 Å². The average molecular weight is 278 g/mol. The van der Waals surface area contributed by atoms with Crippen LogP contribution >= 0.6 is 0 Å². The summed E-state index contributed by atoms with van der Waals surface area (Å²) in [5, 5.41) is 2.94. The molecule has 0 aromatic rings. The molecule has 2 aliphatic carbocycles. The van der Waals surface area contributed by atoms with Crippen LogP contribution in [0.3, 0.4) is 0 Å². The van der Waals surface area contributed by atoms with E-state index in [1.165, 1.54) is 4.90 Å². The number of carbonyl (C=O) groups excluding carboxylic acids is 3. The molecule has 1 saturated heterocycles. The van der Waals surface area contributed by atoms with Crippen LogP contribution in [0.5, 0.6) is 0 Å². The number of likely N-dealkylation sites (tertiary alicyclic amines) is 1. The number of nitrogens with one attached hydrogen (secondary N) is 1. The molecule has 0 radical (unpaired) electrons. The average Bonchev–Trinajstić information content (AvgIpc) is 3.03. The van der Waals surface area contributed by atoms with Crippen LogP contribution < -0.4 is 5.32 Å². The number of hydrogen-bond donors (Lipinski definition) is 1. The Balaban J connectivity index is 1.60. The standard InChI is InChI=1S/C15H22N2O3/c18-13(16-10-5-1-2-6-10)9-17-14(19)11-7-3-4-8-12(11)15(17)20/h10-12H,1-9H2,(H,16,18).